The van der Waals surface area contributed by atoms with Crippen LogP contribution in [0.1, 0.15) is 0 Å². The maximum Gasteiger partial charge on any atom is 0.214 e. The summed E-state index contributed by atoms with van der Waals surface area (Å²) in [7, 11) is 1.63. The van der Waals surface area contributed by atoms with Gasteiger partial charge in [0.15, 0.2) is 0 Å². The molecule has 1 fully saturated rings. The summed E-state index contributed by atoms with van der Waals surface area (Å²) in [6, 6.07) is 5.82. The number of aliphatic hydroxyl groups excluding tert-OH is 1. The van der Waals surface area contributed by atoms with Crippen molar-refractivity contribution in [1.82, 2.24) is 9.88 Å². The van der Waals surface area contributed by atoms with Gasteiger partial charge in [-0.3, -0.25) is 4.90 Å². The average molecular weight is 237 g/mol. The number of methoxy groups -OCH3 is 1. The van der Waals surface area contributed by atoms with Gasteiger partial charge in [0.1, 0.15) is 5.82 Å². The molecule has 0 spiro atoms. The summed E-state index contributed by atoms with van der Waals surface area (Å²) >= 11 is 0. The van der Waals surface area contributed by atoms with Gasteiger partial charge in [-0.05, 0) is 6.07 Å². The molecule has 1 saturated heterocycles. The van der Waals surface area contributed by atoms with E-state index in [4.69, 9.17) is 9.84 Å². The number of aromatic nitrogens is 1. The van der Waals surface area contributed by atoms with Gasteiger partial charge in [0.25, 0.3) is 0 Å². The summed E-state index contributed by atoms with van der Waals surface area (Å²) < 4.78 is 5.12. The predicted octanol–water partition coefficient (Wildman–Crippen LogP) is 0.204. The van der Waals surface area contributed by atoms with Crippen molar-refractivity contribution < 1.29 is 9.84 Å². The molecule has 1 aliphatic heterocycles. The standard InChI is InChI=1S/C12H19N3O2/c1-17-12-4-2-3-11(13-12)15-7-5-14(6-8-15)9-10-16/h2-4,16H,5-10H2,1H3. The van der Waals surface area contributed by atoms with Gasteiger partial charge >= 0.3 is 0 Å². The number of aliphatic hydroxyl groups is 1. The summed E-state index contributed by atoms with van der Waals surface area (Å²) in [4.78, 5) is 8.93. The number of β-amino-alcohol motifs (C(OH)–C–C–N with tert-alkyl or cyclic N) is 1. The van der Waals surface area contributed by atoms with E-state index in [2.05, 4.69) is 14.8 Å². The molecule has 0 amide bonds. The van der Waals surface area contributed by atoms with Crippen molar-refractivity contribution in [3.8, 4) is 5.88 Å². The molecule has 0 atom stereocenters. The lowest BCUT2D eigenvalue weighted by Gasteiger charge is -2.35. The highest BCUT2D eigenvalue weighted by molar-refractivity contribution is 5.41. The van der Waals surface area contributed by atoms with Crippen molar-refractivity contribution in [3.05, 3.63) is 18.2 Å². The van der Waals surface area contributed by atoms with Gasteiger partial charge in [0.2, 0.25) is 5.88 Å². The fourth-order valence-electron chi connectivity index (χ4n) is 2.04. The Kier molecular flexibility index (Phi) is 4.17. The topological polar surface area (TPSA) is 48.8 Å². The third-order valence-corrected chi connectivity index (χ3v) is 3.03. The lowest BCUT2D eigenvalue weighted by atomic mass is 10.3. The first-order valence-corrected chi connectivity index (χ1v) is 5.92. The van der Waals surface area contributed by atoms with E-state index in [1.807, 2.05) is 18.2 Å². The number of hydrogen-bond acceptors (Lipinski definition) is 5. The maximum atomic E-state index is 8.89. The highest BCUT2D eigenvalue weighted by atomic mass is 16.5. The van der Waals surface area contributed by atoms with Gasteiger partial charge in [0, 0.05) is 38.8 Å². The van der Waals surface area contributed by atoms with Crippen molar-refractivity contribution in [2.24, 2.45) is 0 Å². The summed E-state index contributed by atoms with van der Waals surface area (Å²) in [5, 5.41) is 8.89. The van der Waals surface area contributed by atoms with Crippen LogP contribution in [0.3, 0.4) is 0 Å². The van der Waals surface area contributed by atoms with Crippen LogP contribution >= 0.6 is 0 Å². The van der Waals surface area contributed by atoms with Crippen LogP contribution in [-0.4, -0.2) is 61.4 Å². The molecule has 2 heterocycles. The number of rotatable bonds is 4. The molecule has 1 N–H and O–H groups in total. The summed E-state index contributed by atoms with van der Waals surface area (Å²) in [6.45, 7) is 4.83. The first-order chi connectivity index (χ1) is 8.33. The van der Waals surface area contributed by atoms with Crippen LogP contribution in [0, 0.1) is 0 Å². The van der Waals surface area contributed by atoms with Crippen LogP contribution in [0.15, 0.2) is 18.2 Å². The molecule has 5 heteroatoms. The molecule has 0 aromatic carbocycles. The van der Waals surface area contributed by atoms with Gasteiger partial charge in [-0.1, -0.05) is 6.07 Å². The summed E-state index contributed by atoms with van der Waals surface area (Å²) in [5.74, 6) is 1.62. The molecule has 0 unspecified atom stereocenters. The largest absolute Gasteiger partial charge is 0.481 e. The molecule has 0 radical (unpaired) electrons. The number of ether oxygens (including phenoxy) is 1. The highest BCUT2D eigenvalue weighted by Gasteiger charge is 2.17. The molecular formula is C12H19N3O2. The van der Waals surface area contributed by atoms with Crippen molar-refractivity contribution >= 4 is 5.82 Å². The molecule has 0 saturated carbocycles. The van der Waals surface area contributed by atoms with Crippen molar-refractivity contribution in [2.45, 2.75) is 0 Å². The van der Waals surface area contributed by atoms with Crippen molar-refractivity contribution in [1.29, 1.82) is 0 Å². The van der Waals surface area contributed by atoms with Crippen LogP contribution in [0.25, 0.3) is 0 Å². The van der Waals surface area contributed by atoms with Crippen LogP contribution in [0.4, 0.5) is 5.82 Å². The second-order valence-corrected chi connectivity index (χ2v) is 4.09. The predicted molar refractivity (Wildman–Crippen MR) is 66.5 cm³/mol. The third-order valence-electron chi connectivity index (χ3n) is 3.03. The number of anilines is 1. The van der Waals surface area contributed by atoms with Crippen LogP contribution in [-0.2, 0) is 0 Å². The van der Waals surface area contributed by atoms with E-state index in [1.54, 1.807) is 7.11 Å². The van der Waals surface area contributed by atoms with E-state index in [1.165, 1.54) is 0 Å². The third kappa shape index (κ3) is 3.08. The Morgan fingerprint density at radius 3 is 2.71 bits per heavy atom. The number of piperazine rings is 1. The minimum absolute atomic E-state index is 0.234. The minimum Gasteiger partial charge on any atom is -0.481 e. The Bertz CT molecular complexity index is 351. The van der Waals surface area contributed by atoms with Crippen molar-refractivity contribution in [2.75, 3.05) is 51.3 Å². The molecule has 0 bridgehead atoms. The first kappa shape index (κ1) is 12.1. The molecule has 1 aliphatic rings. The maximum absolute atomic E-state index is 8.89. The van der Waals surface area contributed by atoms with Gasteiger partial charge in [-0.2, -0.15) is 4.98 Å². The van der Waals surface area contributed by atoms with Gasteiger partial charge in [0.05, 0.1) is 13.7 Å². The SMILES string of the molecule is COc1cccc(N2CCN(CCO)CC2)n1. The Labute approximate surface area is 102 Å². The van der Waals surface area contributed by atoms with Gasteiger partial charge in [-0.15, -0.1) is 0 Å². The van der Waals surface area contributed by atoms with Crippen molar-refractivity contribution in [3.63, 3.8) is 0 Å². The quantitative estimate of drug-likeness (QED) is 0.811. The average Bonchev–Trinajstić information content (AvgIpc) is 2.40. The lowest BCUT2D eigenvalue weighted by Crippen LogP contribution is -2.47. The molecule has 5 nitrogen and oxygen atoms in total. The molecule has 0 aliphatic carbocycles. The minimum atomic E-state index is 0.234. The zero-order valence-corrected chi connectivity index (χ0v) is 10.2. The second-order valence-electron chi connectivity index (χ2n) is 4.09. The monoisotopic (exact) mass is 237 g/mol. The molecular weight excluding hydrogens is 218 g/mol. The molecule has 2 rings (SSSR count). The molecule has 94 valence electrons. The van der Waals surface area contributed by atoms with Crippen LogP contribution < -0.4 is 9.64 Å². The fourth-order valence-corrected chi connectivity index (χ4v) is 2.04. The molecule has 1 aromatic rings. The number of hydrogen-bond donors (Lipinski definition) is 1. The van der Waals surface area contributed by atoms with E-state index < -0.39 is 0 Å². The van der Waals surface area contributed by atoms with Gasteiger partial charge in [-0.25, -0.2) is 0 Å². The highest BCUT2D eigenvalue weighted by Crippen LogP contribution is 2.17. The van der Waals surface area contributed by atoms with E-state index in [0.29, 0.717) is 5.88 Å². The Hall–Kier alpha value is -1.33. The van der Waals surface area contributed by atoms with E-state index in [0.717, 1.165) is 38.5 Å². The Morgan fingerprint density at radius 1 is 1.29 bits per heavy atom. The Morgan fingerprint density at radius 2 is 2.06 bits per heavy atom. The van der Waals surface area contributed by atoms with E-state index in [9.17, 15) is 0 Å². The number of nitrogens with zero attached hydrogens (tertiary/aromatic N) is 3. The van der Waals surface area contributed by atoms with Gasteiger partial charge < -0.3 is 14.7 Å². The summed E-state index contributed by atoms with van der Waals surface area (Å²) in [6.07, 6.45) is 0. The van der Waals surface area contributed by atoms with E-state index >= 15 is 0 Å². The zero-order chi connectivity index (χ0) is 12.1. The van der Waals surface area contributed by atoms with Crippen LogP contribution in [0.5, 0.6) is 5.88 Å². The number of pyridine rings is 1. The smallest absolute Gasteiger partial charge is 0.214 e. The lowest BCUT2D eigenvalue weighted by molar-refractivity contribution is 0.188. The molecule has 1 aromatic heterocycles. The zero-order valence-electron chi connectivity index (χ0n) is 10.2. The van der Waals surface area contributed by atoms with Crippen LogP contribution in [0.2, 0.25) is 0 Å². The Balaban J connectivity index is 1.95. The first-order valence-electron chi connectivity index (χ1n) is 5.92. The normalized spacial score (nSPS) is 17.2. The fraction of sp³-hybridized carbons (Fsp3) is 0.583. The molecule has 17 heavy (non-hydrogen) atoms. The van der Waals surface area contributed by atoms with E-state index in [-0.39, 0.29) is 6.61 Å². The second kappa shape index (κ2) is 5.84. The summed E-state index contributed by atoms with van der Waals surface area (Å²) in [5.41, 5.74) is 0.